The third-order valence-corrected chi connectivity index (χ3v) is 16.2. The van der Waals surface area contributed by atoms with Crippen LogP contribution in [-0.4, -0.2) is 75.2 Å². The van der Waals surface area contributed by atoms with Gasteiger partial charge in [-0.1, -0.05) is 53.3 Å². The number of aliphatic hydroxyl groups excluding tert-OH is 1. The number of nitrogen functional groups attached to an aromatic ring is 1. The fraction of sp³-hybridized carbons (Fsp3) is 0.815. The van der Waals surface area contributed by atoms with Gasteiger partial charge in [0.25, 0.3) is 0 Å². The smallest absolute Gasteiger partial charge is 0.200 e. The van der Waals surface area contributed by atoms with E-state index in [2.05, 4.69) is 51.5 Å². The van der Waals surface area contributed by atoms with Crippen molar-refractivity contribution in [2.45, 2.75) is 138 Å². The molecule has 0 amide bonds. The zero-order valence-electron chi connectivity index (χ0n) is 24.5. The second-order valence-electron chi connectivity index (χ2n) is 12.6. The third-order valence-electron chi connectivity index (χ3n) is 8.74. The van der Waals surface area contributed by atoms with Crippen LogP contribution in [0.2, 0.25) is 16.6 Å². The summed E-state index contributed by atoms with van der Waals surface area (Å²) in [6, 6.07) is 0. The predicted molar refractivity (Wildman–Crippen MR) is 154 cm³/mol. The van der Waals surface area contributed by atoms with Crippen LogP contribution in [0, 0.1) is 0 Å². The highest BCUT2D eigenvalue weighted by molar-refractivity contribution is 8.00. The maximum absolute atomic E-state index is 10.5. The highest BCUT2D eigenvalue weighted by Gasteiger charge is 2.57. The summed E-state index contributed by atoms with van der Waals surface area (Å²) in [6.45, 7) is 18.0. The predicted octanol–water partition coefficient (Wildman–Crippen LogP) is 5.02. The van der Waals surface area contributed by atoms with Gasteiger partial charge in [0.05, 0.1) is 18.1 Å². The van der Waals surface area contributed by atoms with Crippen LogP contribution in [-0.2, 0) is 18.6 Å². The number of hydrogen-bond donors (Lipinski definition) is 2. The zero-order chi connectivity index (χ0) is 28.3. The molecular formula is C27H45N5O5SSi. The maximum Gasteiger partial charge on any atom is 0.200 e. The van der Waals surface area contributed by atoms with Crippen LogP contribution in [0.1, 0.15) is 80.9 Å². The highest BCUT2D eigenvalue weighted by atomic mass is 32.2. The van der Waals surface area contributed by atoms with E-state index >= 15 is 0 Å². The molecule has 4 heterocycles. The number of nitrogens with zero attached hydrogens (tertiary/aromatic N) is 4. The van der Waals surface area contributed by atoms with E-state index in [0.717, 1.165) is 19.3 Å². The molecule has 6 atom stereocenters. The summed E-state index contributed by atoms with van der Waals surface area (Å²) in [7, 11) is -2.11. The number of fused-ring (bicyclic) bond motifs is 2. The fourth-order valence-electron chi connectivity index (χ4n) is 7.13. The van der Waals surface area contributed by atoms with Gasteiger partial charge in [-0.2, -0.15) is 5.10 Å². The molecule has 218 valence electrons. The van der Waals surface area contributed by atoms with E-state index in [-0.39, 0.29) is 23.6 Å². The van der Waals surface area contributed by atoms with Gasteiger partial charge in [-0.25, -0.2) is 14.6 Å². The molecule has 10 nitrogen and oxygen atoms in total. The van der Waals surface area contributed by atoms with Gasteiger partial charge < -0.3 is 29.5 Å². The molecule has 5 rings (SSSR count). The first-order valence-electron chi connectivity index (χ1n) is 14.3. The Labute approximate surface area is 236 Å². The minimum atomic E-state index is -2.11. The summed E-state index contributed by atoms with van der Waals surface area (Å²) in [5.41, 5.74) is 8.32. The zero-order valence-corrected chi connectivity index (χ0v) is 26.3. The molecule has 3 aliphatic rings. The first kappa shape index (κ1) is 29.2. The molecule has 0 bridgehead atoms. The van der Waals surface area contributed by atoms with Crippen molar-refractivity contribution in [2.75, 3.05) is 12.3 Å². The highest BCUT2D eigenvalue weighted by Crippen LogP contribution is 2.47. The average molecular weight is 580 g/mol. The first-order valence-corrected chi connectivity index (χ1v) is 17.4. The van der Waals surface area contributed by atoms with E-state index in [0.29, 0.717) is 45.1 Å². The van der Waals surface area contributed by atoms with Crippen LogP contribution in [0.5, 0.6) is 0 Å². The van der Waals surface area contributed by atoms with Gasteiger partial charge in [0.15, 0.2) is 26.0 Å². The monoisotopic (exact) mass is 579 g/mol. The Balaban J connectivity index is 1.48. The molecule has 0 aromatic carbocycles. The number of ether oxygens (including phenoxy) is 3. The molecule has 0 unspecified atom stereocenters. The van der Waals surface area contributed by atoms with Crippen LogP contribution >= 0.6 is 11.8 Å². The first-order chi connectivity index (χ1) is 18.4. The van der Waals surface area contributed by atoms with E-state index in [4.69, 9.17) is 29.5 Å². The maximum atomic E-state index is 10.5. The van der Waals surface area contributed by atoms with Gasteiger partial charge in [0, 0.05) is 5.25 Å². The van der Waals surface area contributed by atoms with E-state index in [1.807, 2.05) is 13.8 Å². The van der Waals surface area contributed by atoms with Crippen LogP contribution in [0.25, 0.3) is 11.0 Å². The number of hydrogen-bond acceptors (Lipinski definition) is 10. The van der Waals surface area contributed by atoms with Crippen molar-refractivity contribution < 1.29 is 23.7 Å². The lowest BCUT2D eigenvalue weighted by Gasteiger charge is -2.43. The minimum Gasteiger partial charge on any atom is -0.413 e. The standard InChI is InChI=1S/C27H45N5O5SSi/c1-14(2)39(15(3)4,16(5)6)34-12-18-21-22(37-27(7,8)36-21)26(35-18)32-24-20(23(28)29-13-30-24)25(31-32)38-19-11-9-10-17(19)33/h13-19,21-22,26,33H,9-12H2,1-8H3,(H2,28,29,30)/t17-,18-,19-,21-,22-,26-/m1/s1. The molecule has 3 N–H and O–H groups in total. The Bertz CT molecular complexity index is 1160. The van der Waals surface area contributed by atoms with Crippen LogP contribution in [0.15, 0.2) is 11.4 Å². The van der Waals surface area contributed by atoms with Gasteiger partial charge in [-0.3, -0.25) is 0 Å². The van der Waals surface area contributed by atoms with Gasteiger partial charge in [0.1, 0.15) is 35.5 Å². The number of rotatable bonds is 9. The topological polar surface area (TPSA) is 127 Å². The largest absolute Gasteiger partial charge is 0.413 e. The Morgan fingerprint density at radius 3 is 2.38 bits per heavy atom. The lowest BCUT2D eigenvalue weighted by molar-refractivity contribution is -0.200. The number of anilines is 1. The quantitative estimate of drug-likeness (QED) is 0.391. The number of nitrogens with two attached hydrogens (primary N) is 1. The summed E-state index contributed by atoms with van der Waals surface area (Å²) in [6.07, 6.45) is 2.21. The number of thioether (sulfide) groups is 1. The van der Waals surface area contributed by atoms with Crippen molar-refractivity contribution in [3.63, 3.8) is 0 Å². The van der Waals surface area contributed by atoms with E-state index in [1.54, 1.807) is 16.4 Å². The number of aliphatic hydroxyl groups is 1. The summed E-state index contributed by atoms with van der Waals surface area (Å²) < 4.78 is 28.2. The molecule has 39 heavy (non-hydrogen) atoms. The second kappa shape index (κ2) is 10.8. The minimum absolute atomic E-state index is 0.0562. The molecule has 2 aliphatic heterocycles. The Kier molecular flexibility index (Phi) is 8.13. The molecule has 0 radical (unpaired) electrons. The van der Waals surface area contributed by atoms with Crippen molar-refractivity contribution in [3.8, 4) is 0 Å². The van der Waals surface area contributed by atoms with Gasteiger partial charge in [0.2, 0.25) is 0 Å². The summed E-state index contributed by atoms with van der Waals surface area (Å²) in [4.78, 5) is 8.80. The normalized spacial score (nSPS) is 30.9. The molecule has 0 spiro atoms. The van der Waals surface area contributed by atoms with Gasteiger partial charge in [-0.05, 0) is 49.7 Å². The molecule has 1 aliphatic carbocycles. The van der Waals surface area contributed by atoms with Crippen LogP contribution in [0.4, 0.5) is 5.82 Å². The molecule has 1 saturated carbocycles. The third kappa shape index (κ3) is 5.15. The van der Waals surface area contributed by atoms with Gasteiger partial charge >= 0.3 is 0 Å². The molecule has 2 aromatic rings. The SMILES string of the molecule is CC(C)[Si](OC[C@H]1O[C@@H](n2nc(S[C@@H]3CCC[C@H]3O)c3c(N)ncnc32)[C@@H]2OC(C)(C)O[C@@H]21)(C(C)C)C(C)C. The van der Waals surface area contributed by atoms with Gasteiger partial charge in [-0.15, -0.1) is 0 Å². The van der Waals surface area contributed by atoms with Crippen molar-refractivity contribution in [1.29, 1.82) is 0 Å². The second-order valence-corrected chi connectivity index (χ2v) is 19.3. The van der Waals surface area contributed by atoms with Crippen molar-refractivity contribution in [2.24, 2.45) is 0 Å². The average Bonchev–Trinajstić information content (AvgIpc) is 3.57. The van der Waals surface area contributed by atoms with Crippen LogP contribution in [0.3, 0.4) is 0 Å². The molecule has 3 fully saturated rings. The van der Waals surface area contributed by atoms with E-state index in [9.17, 15) is 5.11 Å². The molecule has 2 saturated heterocycles. The summed E-state index contributed by atoms with van der Waals surface area (Å²) >= 11 is 1.54. The van der Waals surface area contributed by atoms with Crippen molar-refractivity contribution in [1.82, 2.24) is 19.7 Å². The molecule has 2 aromatic heterocycles. The molecular weight excluding hydrogens is 534 g/mol. The summed E-state index contributed by atoms with van der Waals surface area (Å²) in [5, 5.41) is 16.9. The lowest BCUT2D eigenvalue weighted by atomic mass is 10.1. The van der Waals surface area contributed by atoms with Crippen molar-refractivity contribution >= 4 is 36.9 Å². The van der Waals surface area contributed by atoms with E-state index < -0.39 is 26.4 Å². The Morgan fingerprint density at radius 1 is 1.10 bits per heavy atom. The van der Waals surface area contributed by atoms with Crippen molar-refractivity contribution in [3.05, 3.63) is 6.33 Å². The Morgan fingerprint density at radius 2 is 1.77 bits per heavy atom. The van der Waals surface area contributed by atoms with Crippen LogP contribution < -0.4 is 5.73 Å². The lowest BCUT2D eigenvalue weighted by Crippen LogP contribution is -2.50. The summed E-state index contributed by atoms with van der Waals surface area (Å²) in [5.74, 6) is -0.401. The van der Waals surface area contributed by atoms with E-state index in [1.165, 1.54) is 6.33 Å². The fourth-order valence-corrected chi connectivity index (χ4v) is 13.9. The molecule has 12 heteroatoms. The number of aromatic nitrogens is 4. The Hall–Kier alpha value is -1.28.